The van der Waals surface area contributed by atoms with Crippen molar-refractivity contribution < 1.29 is 18.0 Å². The zero-order valence-electron chi connectivity index (χ0n) is 7.97. The second kappa shape index (κ2) is 5.49. The van der Waals surface area contributed by atoms with Crippen LogP contribution in [0.5, 0.6) is 0 Å². The summed E-state index contributed by atoms with van der Waals surface area (Å²) in [5.74, 6) is -0.498. The molecule has 8 heteroatoms. The molecule has 1 aromatic heterocycles. The Morgan fingerprint density at radius 2 is 2.25 bits per heavy atom. The third-order valence-electron chi connectivity index (χ3n) is 1.57. The van der Waals surface area contributed by atoms with E-state index in [0.29, 0.717) is 5.69 Å². The Hall–Kier alpha value is -0.820. The summed E-state index contributed by atoms with van der Waals surface area (Å²) in [7, 11) is 0. The molecule has 0 aromatic carbocycles. The summed E-state index contributed by atoms with van der Waals surface area (Å²) < 4.78 is 35.4. The smallest absolute Gasteiger partial charge is 0.302 e. The molecular formula is C8H8ClF3N2OS. The summed E-state index contributed by atoms with van der Waals surface area (Å²) in [6.45, 7) is 0. The van der Waals surface area contributed by atoms with Gasteiger partial charge in [0.1, 0.15) is 0 Å². The largest absolute Gasteiger partial charge is 0.389 e. The maximum absolute atomic E-state index is 11.8. The van der Waals surface area contributed by atoms with Gasteiger partial charge in [-0.3, -0.25) is 4.79 Å². The minimum absolute atomic E-state index is 0.203. The monoisotopic (exact) mass is 272 g/mol. The van der Waals surface area contributed by atoms with Gasteiger partial charge in [-0.1, -0.05) is 0 Å². The molecule has 0 aliphatic rings. The Bertz CT molecular complexity index is 366. The predicted molar refractivity (Wildman–Crippen MR) is 55.6 cm³/mol. The number of amides is 1. The van der Waals surface area contributed by atoms with E-state index in [2.05, 4.69) is 10.3 Å². The molecule has 0 spiro atoms. The maximum Gasteiger partial charge on any atom is 0.389 e. The molecule has 0 bridgehead atoms. The van der Waals surface area contributed by atoms with Gasteiger partial charge in [-0.05, 0) is 0 Å². The number of nitrogens with zero attached hydrogens (tertiary/aromatic N) is 1. The van der Waals surface area contributed by atoms with Crippen LogP contribution in [0.15, 0.2) is 5.38 Å². The van der Waals surface area contributed by atoms with Crippen LogP contribution < -0.4 is 5.32 Å². The minimum Gasteiger partial charge on any atom is -0.302 e. The van der Waals surface area contributed by atoms with Gasteiger partial charge >= 0.3 is 6.18 Å². The summed E-state index contributed by atoms with van der Waals surface area (Å²) in [6.07, 6.45) is -6.05. The average molecular weight is 273 g/mol. The molecule has 3 nitrogen and oxygen atoms in total. The Morgan fingerprint density at radius 3 is 2.75 bits per heavy atom. The Balaban J connectivity index is 2.40. The first kappa shape index (κ1) is 13.2. The van der Waals surface area contributed by atoms with Crippen LogP contribution in [0.3, 0.4) is 0 Å². The topological polar surface area (TPSA) is 42.0 Å². The number of rotatable bonds is 4. The van der Waals surface area contributed by atoms with E-state index in [4.69, 9.17) is 11.6 Å². The fourth-order valence-corrected chi connectivity index (χ4v) is 1.82. The third-order valence-corrected chi connectivity index (χ3v) is 2.65. The number of carbonyl (C=O) groups excluding carboxylic acids is 1. The van der Waals surface area contributed by atoms with Gasteiger partial charge in [0.15, 0.2) is 5.13 Å². The third kappa shape index (κ3) is 4.80. The second-order valence-electron chi connectivity index (χ2n) is 2.94. The molecular weight excluding hydrogens is 265 g/mol. The van der Waals surface area contributed by atoms with Crippen molar-refractivity contribution in [3.05, 3.63) is 11.1 Å². The summed E-state index contributed by atoms with van der Waals surface area (Å²) in [6, 6.07) is 0. The van der Waals surface area contributed by atoms with Crippen LogP contribution in [-0.2, 0) is 10.7 Å². The van der Waals surface area contributed by atoms with Gasteiger partial charge in [0.25, 0.3) is 0 Å². The van der Waals surface area contributed by atoms with Crippen molar-refractivity contribution >= 4 is 34.0 Å². The van der Waals surface area contributed by atoms with Crippen LogP contribution in [0, 0.1) is 0 Å². The Labute approximate surface area is 98.6 Å². The summed E-state index contributed by atoms with van der Waals surface area (Å²) in [5.41, 5.74) is 0.581. The van der Waals surface area contributed by atoms with E-state index >= 15 is 0 Å². The van der Waals surface area contributed by atoms with E-state index in [1.165, 1.54) is 0 Å². The molecule has 1 amide bonds. The first-order chi connectivity index (χ1) is 7.40. The SMILES string of the molecule is O=C(CCC(F)(F)F)Nc1nc(CCl)cs1. The zero-order valence-corrected chi connectivity index (χ0v) is 9.55. The number of anilines is 1. The van der Waals surface area contributed by atoms with Gasteiger partial charge in [0.2, 0.25) is 5.91 Å². The van der Waals surface area contributed by atoms with E-state index < -0.39 is 24.9 Å². The van der Waals surface area contributed by atoms with Gasteiger partial charge in [-0.2, -0.15) is 13.2 Å². The molecule has 0 radical (unpaired) electrons. The normalized spacial score (nSPS) is 11.5. The number of halogens is 4. The quantitative estimate of drug-likeness (QED) is 0.856. The highest BCUT2D eigenvalue weighted by molar-refractivity contribution is 7.13. The number of alkyl halides is 4. The number of aromatic nitrogens is 1. The van der Waals surface area contributed by atoms with Crippen LogP contribution in [0.2, 0.25) is 0 Å². The van der Waals surface area contributed by atoms with Crippen LogP contribution in [-0.4, -0.2) is 17.1 Å². The fraction of sp³-hybridized carbons (Fsp3) is 0.500. The van der Waals surface area contributed by atoms with E-state index in [1.54, 1.807) is 5.38 Å². The maximum atomic E-state index is 11.8. The van der Waals surface area contributed by atoms with Crippen molar-refractivity contribution in [3.8, 4) is 0 Å². The van der Waals surface area contributed by atoms with Gasteiger partial charge in [0, 0.05) is 11.8 Å². The van der Waals surface area contributed by atoms with Crippen molar-refractivity contribution in [2.75, 3.05) is 5.32 Å². The second-order valence-corrected chi connectivity index (χ2v) is 4.07. The highest BCUT2D eigenvalue weighted by Crippen LogP contribution is 2.22. The summed E-state index contributed by atoms with van der Waals surface area (Å²) >= 11 is 6.61. The highest BCUT2D eigenvalue weighted by Gasteiger charge is 2.27. The lowest BCUT2D eigenvalue weighted by Crippen LogP contribution is -2.16. The van der Waals surface area contributed by atoms with Crippen LogP contribution in [0.25, 0.3) is 0 Å². The zero-order chi connectivity index (χ0) is 12.2. The Kier molecular flexibility index (Phi) is 4.55. The predicted octanol–water partition coefficient (Wildman–Crippen LogP) is 3.16. The molecule has 90 valence electrons. The van der Waals surface area contributed by atoms with Gasteiger partial charge in [0.05, 0.1) is 18.0 Å². The molecule has 0 aliphatic heterocycles. The van der Waals surface area contributed by atoms with E-state index in [9.17, 15) is 18.0 Å². The molecule has 1 heterocycles. The lowest BCUT2D eigenvalue weighted by atomic mass is 10.3. The summed E-state index contributed by atoms with van der Waals surface area (Å²) in [4.78, 5) is 15.0. The first-order valence-corrected chi connectivity index (χ1v) is 5.69. The molecule has 0 unspecified atom stereocenters. The number of thiazole rings is 1. The van der Waals surface area contributed by atoms with Gasteiger partial charge < -0.3 is 5.32 Å². The first-order valence-electron chi connectivity index (χ1n) is 4.27. The van der Waals surface area contributed by atoms with Gasteiger partial charge in [-0.15, -0.1) is 22.9 Å². The lowest BCUT2D eigenvalue weighted by molar-refractivity contribution is -0.142. The van der Waals surface area contributed by atoms with E-state index in [1.807, 2.05) is 0 Å². The van der Waals surface area contributed by atoms with Crippen molar-refractivity contribution in [3.63, 3.8) is 0 Å². The number of hydrogen-bond acceptors (Lipinski definition) is 3. The van der Waals surface area contributed by atoms with Crippen molar-refractivity contribution in [2.24, 2.45) is 0 Å². The molecule has 0 saturated carbocycles. The van der Waals surface area contributed by atoms with Crippen molar-refractivity contribution in [1.82, 2.24) is 4.98 Å². The molecule has 0 atom stereocenters. The minimum atomic E-state index is -4.32. The standard InChI is InChI=1S/C8H8ClF3N2OS/c9-3-5-4-16-7(13-5)14-6(15)1-2-8(10,11)12/h4H,1-3H2,(H,13,14,15). The van der Waals surface area contributed by atoms with Crippen molar-refractivity contribution in [1.29, 1.82) is 0 Å². The van der Waals surface area contributed by atoms with E-state index in [-0.39, 0.29) is 11.0 Å². The van der Waals surface area contributed by atoms with Gasteiger partial charge in [-0.25, -0.2) is 4.98 Å². The van der Waals surface area contributed by atoms with Crippen LogP contribution >= 0.6 is 22.9 Å². The number of carbonyl (C=O) groups is 1. The molecule has 0 aliphatic carbocycles. The number of hydrogen-bond donors (Lipinski definition) is 1. The van der Waals surface area contributed by atoms with Crippen LogP contribution in [0.1, 0.15) is 18.5 Å². The molecule has 1 rings (SSSR count). The van der Waals surface area contributed by atoms with E-state index in [0.717, 1.165) is 11.3 Å². The molecule has 16 heavy (non-hydrogen) atoms. The molecule has 1 aromatic rings. The van der Waals surface area contributed by atoms with Crippen LogP contribution in [0.4, 0.5) is 18.3 Å². The molecule has 0 fully saturated rings. The van der Waals surface area contributed by atoms with Crippen molar-refractivity contribution in [2.45, 2.75) is 24.9 Å². The summed E-state index contributed by atoms with van der Waals surface area (Å²) in [5, 5.41) is 4.18. The fourth-order valence-electron chi connectivity index (χ4n) is 0.863. The Morgan fingerprint density at radius 1 is 1.56 bits per heavy atom. The lowest BCUT2D eigenvalue weighted by Gasteiger charge is -2.05. The highest BCUT2D eigenvalue weighted by atomic mass is 35.5. The number of nitrogens with one attached hydrogen (secondary N) is 1. The molecule has 0 saturated heterocycles. The molecule has 1 N–H and O–H groups in total. The average Bonchev–Trinajstić information content (AvgIpc) is 2.61.